The van der Waals surface area contributed by atoms with Gasteiger partial charge in [0.1, 0.15) is 249 Å². The molecule has 32 N–H and O–H groups in total. The highest BCUT2D eigenvalue weighted by Crippen LogP contribution is 2.48. The minimum Gasteiger partial charge on any atom is -0.394 e. The topological polar surface area (TPSA) is 823 Å². The van der Waals surface area contributed by atoms with E-state index in [-0.39, 0.29) is 0 Å². The van der Waals surface area contributed by atoms with E-state index in [2.05, 4.69) is 0 Å². The maximum Gasteiger partial charge on any atom is 0.224 e. The summed E-state index contributed by atoms with van der Waals surface area (Å²) in [5.41, 5.74) is 0. The van der Waals surface area contributed by atoms with Crippen molar-refractivity contribution < 1.29 is 253 Å². The van der Waals surface area contributed by atoms with Crippen LogP contribution in [0.4, 0.5) is 0 Å². The zero-order chi connectivity index (χ0) is 81.8. The predicted octanol–water partition coefficient (Wildman–Crippen LogP) is -22.8. The van der Waals surface area contributed by atoms with Crippen LogP contribution in [0.3, 0.4) is 0 Å². The van der Waals surface area contributed by atoms with Crippen LogP contribution in [0, 0.1) is 0 Å². The van der Waals surface area contributed by atoms with Gasteiger partial charge in [0.15, 0.2) is 6.29 Å². The fourth-order valence-electron chi connectivity index (χ4n) is 14.7. The van der Waals surface area contributed by atoms with E-state index in [1.165, 1.54) is 0 Å². The van der Waals surface area contributed by atoms with Crippen molar-refractivity contribution in [1.82, 2.24) is 0 Å². The van der Waals surface area contributed by atoms with Crippen LogP contribution in [0.2, 0.25) is 0 Å². The van der Waals surface area contributed by atoms with Gasteiger partial charge in [-0.15, -0.1) is 0 Å². The largest absolute Gasteiger partial charge is 0.394 e. The van der Waals surface area contributed by atoms with Gasteiger partial charge in [0.05, 0.1) is 66.1 Å². The molecule has 0 unspecified atom stereocenters. The van der Waals surface area contributed by atoms with Crippen LogP contribution in [-0.4, -0.2) is 537 Å². The van der Waals surface area contributed by atoms with Gasteiger partial charge in [-0.05, 0) is 0 Å². The van der Waals surface area contributed by atoms with Crippen molar-refractivity contribution in [3.8, 4) is 0 Å². The summed E-state index contributed by atoms with van der Waals surface area (Å²) in [4.78, 5) is 0. The van der Waals surface area contributed by atoms with Crippen LogP contribution in [-0.2, 0) is 90.0 Å². The van der Waals surface area contributed by atoms with Gasteiger partial charge in [0.2, 0.25) is 52.1 Å². The molecule has 51 heteroatoms. The van der Waals surface area contributed by atoms with Gasteiger partial charge in [-0.25, -0.2) is 0 Å². The molecule has 0 radical (unpaired) electrons. The maximum atomic E-state index is 12.0. The lowest BCUT2D eigenvalue weighted by atomic mass is 9.99. The Bertz CT molecular complexity index is 2950. The van der Waals surface area contributed by atoms with E-state index in [0.717, 1.165) is 0 Å². The molecular formula is C60H102O51. The van der Waals surface area contributed by atoms with E-state index in [0.29, 0.717) is 0 Å². The molecule has 51 nitrogen and oxygen atoms in total. The first-order chi connectivity index (χ1) is 52.4. The van der Waals surface area contributed by atoms with Crippen LogP contribution < -0.4 is 0 Å². The average Bonchev–Trinajstić information content (AvgIpc) is 1.49. The molecule has 0 aliphatic carbocycles. The Labute approximate surface area is 625 Å². The van der Waals surface area contributed by atoms with Crippen molar-refractivity contribution in [2.45, 2.75) is 248 Å². The van der Waals surface area contributed by atoms with Crippen LogP contribution >= 0.6 is 0 Å². The van der Waals surface area contributed by atoms with Crippen molar-refractivity contribution in [2.75, 3.05) is 126 Å². The summed E-state index contributed by atoms with van der Waals surface area (Å²) in [6.45, 7) is -24.8. The Balaban J connectivity index is 0.956. The molecule has 10 aliphatic heterocycles. The lowest BCUT2D eigenvalue weighted by Gasteiger charge is -2.45. The van der Waals surface area contributed by atoms with E-state index in [1.807, 2.05) is 0 Å². The Morgan fingerprint density at radius 3 is 0.532 bits per heavy atom. The fourth-order valence-corrected chi connectivity index (χ4v) is 14.7. The number of ether oxygens (including phenoxy) is 19. The second kappa shape index (κ2) is 35.7. The maximum absolute atomic E-state index is 12.0. The van der Waals surface area contributed by atoms with Crippen molar-refractivity contribution in [3.63, 3.8) is 0 Å². The molecular weight excluding hydrogens is 1540 g/mol. The molecule has 0 saturated carbocycles. The minimum atomic E-state index is -3.20. The third-order valence-corrected chi connectivity index (χ3v) is 21.7. The molecule has 41 atom stereocenters. The Kier molecular flexibility index (Phi) is 29.4. The molecule has 648 valence electrons. The molecule has 10 aliphatic rings. The monoisotopic (exact) mass is 1640 g/mol. The number of aliphatic hydroxyl groups is 32. The summed E-state index contributed by atoms with van der Waals surface area (Å²) in [6, 6.07) is 0. The molecule has 0 amide bonds. The Morgan fingerprint density at radius 2 is 0.342 bits per heavy atom. The lowest BCUT2D eigenvalue weighted by molar-refractivity contribution is -0.407. The summed E-state index contributed by atoms with van der Waals surface area (Å²) >= 11 is 0. The highest BCUT2D eigenvalue weighted by atomic mass is 16.9. The minimum absolute atomic E-state index is 0.964. The standard InChI is InChI=1S/C60H102O51/c61-1-20-30(72)40(82)41(83)51(101-20)111-60(50(92)39(81)29(10-70)110-60)19-100-59(49(91)38(80)28(9-69)109-59)18-99-58(48(90)37(79)27(8-68)108-58)17-98-57(47(89)36(78)26(7-67)107-57)16-97-56(46(88)35(77)25(6-66)106-56)15-96-55(45(87)34(76)24(5-65)105-55)14-95-54(44(86)33(75)23(4-64)104-54)13-94-53(43(85)32(74)22(3-63)103-53)12-93-52(11-71)42(84)31(73)21(2-62)102-52/h20-51,61-92H,1-19H2/t20-,21-,22-,23-,24-,25-,26-,27-,28-,29-,30-,31-,32-,33-,34-,35-,36-,37-,38-,39-,40-,41+,42-,43-,44-,45-,46-,47-,48-,49-,50-,51-,52-,53-,54-,55-,56-,57-,58-,59-,60+/m0/s1. The predicted molar refractivity (Wildman–Crippen MR) is 330 cm³/mol. The molecule has 10 rings (SSSR count). The number of aliphatic hydroxyl groups excluding tert-OH is 32. The van der Waals surface area contributed by atoms with Gasteiger partial charge in [-0.2, -0.15) is 0 Å². The normalized spacial score (nSPS) is 52.8. The SMILES string of the molecule is OC[C@@H]1O[C@@H](O[C@@]2(CO[C@@]3(CO[C@@]4(CO[C@@]5(CO[C@@]6(CO[C@@]7(CO[C@@]8(CO[C@@]9(CO[C@@]%10(CO)O[C@@H](CO)[C@H](O)[C@@H]%10O)O[C@@H](CO)[C@H](O)[C@@H]9O)O[C@@H](CO)[C@H](O)[C@@H]8O)O[C@@H](CO)[C@H](O)[C@@H]7O)O[C@@H](CO)[C@H](O)[C@@H]6O)O[C@@H](CO)[C@H](O)[C@@H]5O)O[C@@H](CO)[C@H](O)[C@@H]4O)O[C@@H](CO)[C@H](O)[C@@H]3O)O[C@@H](CO)[C@H](O)[C@@H]2O)[C@H](O)[C@@H](O)[C@H]1O. The molecule has 0 aromatic heterocycles. The molecule has 0 aromatic rings. The van der Waals surface area contributed by atoms with Crippen molar-refractivity contribution in [1.29, 1.82) is 0 Å². The third kappa shape index (κ3) is 16.3. The van der Waals surface area contributed by atoms with E-state index in [9.17, 15) is 163 Å². The first-order valence-electron chi connectivity index (χ1n) is 34.9. The number of rotatable bonds is 37. The molecule has 0 bridgehead atoms. The van der Waals surface area contributed by atoms with Crippen LogP contribution in [0.25, 0.3) is 0 Å². The van der Waals surface area contributed by atoms with Gasteiger partial charge in [0, 0.05) is 0 Å². The lowest BCUT2D eigenvalue weighted by Crippen LogP contribution is -2.64. The first kappa shape index (κ1) is 91.3. The molecule has 10 heterocycles. The van der Waals surface area contributed by atoms with Crippen LogP contribution in [0.15, 0.2) is 0 Å². The second-order valence-corrected chi connectivity index (χ2v) is 28.6. The summed E-state index contributed by atoms with van der Waals surface area (Å²) in [5.74, 6) is -27.6. The van der Waals surface area contributed by atoms with E-state index in [4.69, 9.17) is 90.0 Å². The zero-order valence-corrected chi connectivity index (χ0v) is 58.5. The van der Waals surface area contributed by atoms with Crippen molar-refractivity contribution in [3.05, 3.63) is 0 Å². The molecule has 10 saturated heterocycles. The summed E-state index contributed by atoms with van der Waals surface area (Å²) in [6.07, 6.45) is -69.6. The Hall–Kier alpha value is -2.04. The van der Waals surface area contributed by atoms with E-state index >= 15 is 0 Å². The van der Waals surface area contributed by atoms with Gasteiger partial charge in [-0.1, -0.05) is 0 Å². The van der Waals surface area contributed by atoms with Gasteiger partial charge >= 0.3 is 0 Å². The van der Waals surface area contributed by atoms with E-state index in [1.54, 1.807) is 0 Å². The fraction of sp³-hybridized carbons (Fsp3) is 1.00. The third-order valence-electron chi connectivity index (χ3n) is 21.7. The van der Waals surface area contributed by atoms with Gasteiger partial charge in [0.25, 0.3) is 0 Å². The quantitative estimate of drug-likeness (QED) is 0.0275. The molecule has 0 aromatic carbocycles. The van der Waals surface area contributed by atoms with Crippen molar-refractivity contribution in [2.24, 2.45) is 0 Å². The highest BCUT2D eigenvalue weighted by molar-refractivity contribution is 5.09. The molecule has 0 spiro atoms. The highest BCUT2D eigenvalue weighted by Gasteiger charge is 2.70. The van der Waals surface area contributed by atoms with Crippen LogP contribution in [0.5, 0.6) is 0 Å². The molecule has 111 heavy (non-hydrogen) atoms. The van der Waals surface area contributed by atoms with Crippen molar-refractivity contribution >= 4 is 0 Å². The Morgan fingerprint density at radius 1 is 0.180 bits per heavy atom. The number of hydrogen-bond donors (Lipinski definition) is 32. The van der Waals surface area contributed by atoms with Gasteiger partial charge in [-0.3, -0.25) is 0 Å². The summed E-state index contributed by atoms with van der Waals surface area (Å²) in [7, 11) is 0. The number of hydrogen-bond acceptors (Lipinski definition) is 51. The second-order valence-electron chi connectivity index (χ2n) is 28.6. The molecule has 10 fully saturated rings. The van der Waals surface area contributed by atoms with E-state index < -0.39 is 373 Å². The average molecular weight is 1640 g/mol. The zero-order valence-electron chi connectivity index (χ0n) is 58.5. The van der Waals surface area contributed by atoms with Crippen LogP contribution in [0.1, 0.15) is 0 Å². The summed E-state index contributed by atoms with van der Waals surface area (Å²) in [5, 5.41) is 352. The smallest absolute Gasteiger partial charge is 0.224 e. The van der Waals surface area contributed by atoms with Gasteiger partial charge < -0.3 is 253 Å². The first-order valence-corrected chi connectivity index (χ1v) is 34.9. The summed E-state index contributed by atoms with van der Waals surface area (Å²) < 4.78 is 111.